The second-order valence-electron chi connectivity index (χ2n) is 5.99. The number of fused-ring (bicyclic) bond motifs is 1. The van der Waals surface area contributed by atoms with E-state index in [1.54, 1.807) is 0 Å². The Morgan fingerprint density at radius 2 is 1.96 bits per heavy atom. The zero-order valence-electron chi connectivity index (χ0n) is 13.6. The van der Waals surface area contributed by atoms with Crippen LogP contribution < -0.4 is 5.32 Å². The van der Waals surface area contributed by atoms with Gasteiger partial charge in [-0.2, -0.15) is 0 Å². The van der Waals surface area contributed by atoms with Gasteiger partial charge in [0.05, 0.1) is 6.04 Å². The highest BCUT2D eigenvalue weighted by Gasteiger charge is 2.22. The number of carbonyl (C=O) groups is 2. The number of hydrogen-bond donors (Lipinski definition) is 3. The quantitative estimate of drug-likeness (QED) is 0.743. The molecule has 6 nitrogen and oxygen atoms in total. The van der Waals surface area contributed by atoms with Crippen molar-refractivity contribution in [3.63, 3.8) is 0 Å². The molecule has 2 aromatic carbocycles. The molecular formula is C19H19NO5. The van der Waals surface area contributed by atoms with Gasteiger partial charge in [-0.3, -0.25) is 4.79 Å². The molecule has 3 rings (SSSR count). The van der Waals surface area contributed by atoms with Crippen LogP contribution in [0.4, 0.5) is 0 Å². The SMILES string of the molecule is O=C(COC(=O)c1ccc(O)cc1O)NC1CCCc2ccccc21. The van der Waals surface area contributed by atoms with Crippen molar-refractivity contribution in [3.05, 3.63) is 59.2 Å². The molecule has 0 bridgehead atoms. The number of phenolic OH excluding ortho intramolecular Hbond substituents is 2. The van der Waals surface area contributed by atoms with Crippen LogP contribution in [-0.4, -0.2) is 28.7 Å². The maximum atomic E-state index is 12.1. The van der Waals surface area contributed by atoms with Crippen molar-refractivity contribution >= 4 is 11.9 Å². The van der Waals surface area contributed by atoms with Crippen molar-refractivity contribution in [3.8, 4) is 11.5 Å². The van der Waals surface area contributed by atoms with E-state index < -0.39 is 24.2 Å². The summed E-state index contributed by atoms with van der Waals surface area (Å²) in [6, 6.07) is 11.4. The van der Waals surface area contributed by atoms with Gasteiger partial charge >= 0.3 is 5.97 Å². The van der Waals surface area contributed by atoms with E-state index in [1.165, 1.54) is 17.7 Å². The molecule has 1 aliphatic carbocycles. The minimum atomic E-state index is -0.823. The van der Waals surface area contributed by atoms with Gasteiger partial charge in [0.15, 0.2) is 6.61 Å². The largest absolute Gasteiger partial charge is 0.508 e. The van der Waals surface area contributed by atoms with E-state index in [-0.39, 0.29) is 17.4 Å². The number of amides is 1. The van der Waals surface area contributed by atoms with Gasteiger partial charge in [-0.25, -0.2) is 4.79 Å². The molecule has 0 saturated heterocycles. The lowest BCUT2D eigenvalue weighted by Crippen LogP contribution is -2.34. The molecule has 1 aliphatic rings. The van der Waals surface area contributed by atoms with Crippen LogP contribution in [0.1, 0.15) is 40.4 Å². The highest BCUT2D eigenvalue weighted by molar-refractivity contribution is 5.94. The molecule has 0 aliphatic heterocycles. The molecule has 2 aromatic rings. The van der Waals surface area contributed by atoms with Gasteiger partial charge in [-0.15, -0.1) is 0 Å². The Morgan fingerprint density at radius 1 is 1.16 bits per heavy atom. The van der Waals surface area contributed by atoms with Crippen molar-refractivity contribution in [2.24, 2.45) is 0 Å². The third kappa shape index (κ3) is 3.91. The summed E-state index contributed by atoms with van der Waals surface area (Å²) in [4.78, 5) is 24.0. The Bertz CT molecular complexity index is 802. The smallest absolute Gasteiger partial charge is 0.342 e. The lowest BCUT2D eigenvalue weighted by Gasteiger charge is -2.26. The Morgan fingerprint density at radius 3 is 2.76 bits per heavy atom. The lowest BCUT2D eigenvalue weighted by molar-refractivity contribution is -0.125. The summed E-state index contributed by atoms with van der Waals surface area (Å²) in [5, 5.41) is 21.7. The molecule has 1 atom stereocenters. The summed E-state index contributed by atoms with van der Waals surface area (Å²) in [5.41, 5.74) is 2.23. The predicted molar refractivity (Wildman–Crippen MR) is 90.3 cm³/mol. The highest BCUT2D eigenvalue weighted by Crippen LogP contribution is 2.29. The standard InChI is InChI=1S/C19H19NO5/c21-13-8-9-15(17(22)10-13)19(24)25-11-18(23)20-16-7-3-5-12-4-1-2-6-14(12)16/h1-2,4,6,8-10,16,21-22H,3,5,7,11H2,(H,20,23). The summed E-state index contributed by atoms with van der Waals surface area (Å²) in [5.74, 6) is -1.78. The number of benzene rings is 2. The molecule has 0 radical (unpaired) electrons. The zero-order chi connectivity index (χ0) is 17.8. The van der Waals surface area contributed by atoms with Gasteiger partial charge in [-0.1, -0.05) is 24.3 Å². The first kappa shape index (κ1) is 16.8. The minimum Gasteiger partial charge on any atom is -0.508 e. The predicted octanol–water partition coefficient (Wildman–Crippen LogP) is 2.45. The minimum absolute atomic E-state index is 0.0850. The number of esters is 1. The summed E-state index contributed by atoms with van der Waals surface area (Å²) >= 11 is 0. The van der Waals surface area contributed by atoms with Crippen LogP contribution in [0.3, 0.4) is 0 Å². The summed E-state index contributed by atoms with van der Waals surface area (Å²) in [6.07, 6.45) is 2.83. The number of carbonyl (C=O) groups excluding carboxylic acids is 2. The molecule has 25 heavy (non-hydrogen) atoms. The van der Waals surface area contributed by atoms with E-state index in [9.17, 15) is 19.8 Å². The van der Waals surface area contributed by atoms with Crippen LogP contribution in [0.5, 0.6) is 11.5 Å². The maximum absolute atomic E-state index is 12.1. The van der Waals surface area contributed by atoms with Crippen LogP contribution in [-0.2, 0) is 16.0 Å². The molecule has 0 aromatic heterocycles. The molecule has 130 valence electrons. The molecule has 6 heteroatoms. The monoisotopic (exact) mass is 341 g/mol. The fourth-order valence-electron chi connectivity index (χ4n) is 3.04. The van der Waals surface area contributed by atoms with Crippen LogP contribution in [0.25, 0.3) is 0 Å². The Hall–Kier alpha value is -3.02. The molecule has 1 amide bonds. The van der Waals surface area contributed by atoms with Crippen LogP contribution in [0.15, 0.2) is 42.5 Å². The Kier molecular flexibility index (Phi) is 4.88. The average Bonchev–Trinajstić information content (AvgIpc) is 2.60. The van der Waals surface area contributed by atoms with Gasteiger partial charge in [0.2, 0.25) is 0 Å². The zero-order valence-corrected chi connectivity index (χ0v) is 13.6. The molecule has 3 N–H and O–H groups in total. The number of aryl methyl sites for hydroxylation is 1. The first-order chi connectivity index (χ1) is 12.0. The normalized spacial score (nSPS) is 15.9. The van der Waals surface area contributed by atoms with E-state index in [4.69, 9.17) is 4.74 Å². The van der Waals surface area contributed by atoms with E-state index >= 15 is 0 Å². The maximum Gasteiger partial charge on any atom is 0.342 e. The van der Waals surface area contributed by atoms with Gasteiger partial charge in [0, 0.05) is 6.07 Å². The van der Waals surface area contributed by atoms with E-state index in [1.807, 2.05) is 18.2 Å². The first-order valence-electron chi connectivity index (χ1n) is 8.11. The van der Waals surface area contributed by atoms with Crippen molar-refractivity contribution < 1.29 is 24.5 Å². The van der Waals surface area contributed by atoms with Crippen molar-refractivity contribution in [2.75, 3.05) is 6.61 Å². The molecule has 1 unspecified atom stereocenters. The van der Waals surface area contributed by atoms with E-state index in [0.29, 0.717) is 0 Å². The van der Waals surface area contributed by atoms with Gasteiger partial charge < -0.3 is 20.3 Å². The Balaban J connectivity index is 1.58. The molecule has 0 spiro atoms. The number of hydrogen-bond acceptors (Lipinski definition) is 5. The summed E-state index contributed by atoms with van der Waals surface area (Å²) in [7, 11) is 0. The van der Waals surface area contributed by atoms with Crippen LogP contribution in [0, 0.1) is 0 Å². The first-order valence-corrected chi connectivity index (χ1v) is 8.11. The van der Waals surface area contributed by atoms with Crippen molar-refractivity contribution in [2.45, 2.75) is 25.3 Å². The average molecular weight is 341 g/mol. The second-order valence-corrected chi connectivity index (χ2v) is 5.99. The van der Waals surface area contributed by atoms with E-state index in [2.05, 4.69) is 11.4 Å². The van der Waals surface area contributed by atoms with Crippen molar-refractivity contribution in [1.82, 2.24) is 5.32 Å². The molecule has 0 fully saturated rings. The number of ether oxygens (including phenoxy) is 1. The topological polar surface area (TPSA) is 95.9 Å². The molecular weight excluding hydrogens is 322 g/mol. The van der Waals surface area contributed by atoms with Gasteiger partial charge in [0.25, 0.3) is 5.91 Å². The Labute approximate surface area is 145 Å². The van der Waals surface area contributed by atoms with Crippen LogP contribution in [0.2, 0.25) is 0 Å². The molecule has 0 heterocycles. The third-order valence-electron chi connectivity index (χ3n) is 4.24. The lowest BCUT2D eigenvalue weighted by atomic mass is 9.88. The third-order valence-corrected chi connectivity index (χ3v) is 4.24. The molecule has 0 saturated carbocycles. The summed E-state index contributed by atoms with van der Waals surface area (Å²) < 4.78 is 4.95. The van der Waals surface area contributed by atoms with Crippen molar-refractivity contribution in [1.29, 1.82) is 0 Å². The number of phenols is 2. The fourth-order valence-corrected chi connectivity index (χ4v) is 3.04. The number of aromatic hydroxyl groups is 2. The second kappa shape index (κ2) is 7.25. The van der Waals surface area contributed by atoms with Gasteiger partial charge in [0.1, 0.15) is 17.1 Å². The summed E-state index contributed by atoms with van der Waals surface area (Å²) in [6.45, 7) is -0.433. The van der Waals surface area contributed by atoms with Gasteiger partial charge in [-0.05, 0) is 42.5 Å². The highest BCUT2D eigenvalue weighted by atomic mass is 16.5. The fraction of sp³-hybridized carbons (Fsp3) is 0.263. The van der Waals surface area contributed by atoms with Crippen LogP contribution >= 0.6 is 0 Å². The number of rotatable bonds is 4. The van der Waals surface area contributed by atoms with E-state index in [0.717, 1.165) is 30.9 Å². The number of nitrogens with one attached hydrogen (secondary N) is 1.